The van der Waals surface area contributed by atoms with Gasteiger partial charge in [-0.1, -0.05) is 0 Å². The highest BCUT2D eigenvalue weighted by Crippen LogP contribution is 2.16. The van der Waals surface area contributed by atoms with Crippen LogP contribution in [0, 0.1) is 7.14 Å². The molecule has 0 spiro atoms. The summed E-state index contributed by atoms with van der Waals surface area (Å²) in [5.74, 6) is 0. The Morgan fingerprint density at radius 3 is 1.19 bits per heavy atom. The van der Waals surface area contributed by atoms with Crippen molar-refractivity contribution in [2.45, 2.75) is 9.79 Å². The van der Waals surface area contributed by atoms with Gasteiger partial charge < -0.3 is 0 Å². The molecule has 0 atom stereocenters. The number of nitrogens with one attached hydrogen (secondary N) is 1. The number of sulfonamides is 2. The van der Waals surface area contributed by atoms with Crippen molar-refractivity contribution in [1.82, 2.24) is 4.13 Å². The van der Waals surface area contributed by atoms with Gasteiger partial charge >= 0.3 is 0 Å². The summed E-state index contributed by atoms with van der Waals surface area (Å²) in [6.07, 6.45) is 0. The Labute approximate surface area is 150 Å². The molecule has 2 aromatic carbocycles. The van der Waals surface area contributed by atoms with Crippen LogP contribution in [0.2, 0.25) is 0 Å². The molecule has 9 heteroatoms. The maximum Gasteiger partial charge on any atom is 0.253 e. The van der Waals surface area contributed by atoms with Crippen LogP contribution in [-0.4, -0.2) is 16.8 Å². The second-order valence-electron chi connectivity index (χ2n) is 4.00. The van der Waals surface area contributed by atoms with Crippen molar-refractivity contribution in [3.05, 3.63) is 55.7 Å². The number of benzene rings is 2. The molecule has 0 fully saturated rings. The van der Waals surface area contributed by atoms with E-state index in [9.17, 15) is 16.8 Å². The third kappa shape index (κ3) is 4.37. The number of rotatable bonds is 4. The fraction of sp³-hybridized carbons (Fsp3) is 0. The highest BCUT2D eigenvalue weighted by molar-refractivity contribution is 14.1. The van der Waals surface area contributed by atoms with Crippen LogP contribution < -0.4 is 4.13 Å². The first-order valence-corrected chi connectivity index (χ1v) is 10.6. The number of halogens is 2. The molecule has 1 N–H and O–H groups in total. The Morgan fingerprint density at radius 2 is 0.905 bits per heavy atom. The van der Waals surface area contributed by atoms with E-state index in [0.717, 1.165) is 7.14 Å². The van der Waals surface area contributed by atoms with E-state index in [2.05, 4.69) is 0 Å². The highest BCUT2D eigenvalue weighted by Gasteiger charge is 2.24. The molecule has 0 saturated heterocycles. The van der Waals surface area contributed by atoms with Gasteiger partial charge in [0.25, 0.3) is 20.0 Å². The topological polar surface area (TPSA) is 80.3 Å². The molecule has 112 valence electrons. The summed E-state index contributed by atoms with van der Waals surface area (Å²) >= 11 is 4.06. The maximum absolute atomic E-state index is 12.1. The van der Waals surface area contributed by atoms with Crippen LogP contribution in [0.15, 0.2) is 58.3 Å². The van der Waals surface area contributed by atoms with Gasteiger partial charge in [0.05, 0.1) is 9.79 Å². The first kappa shape index (κ1) is 17.1. The van der Waals surface area contributed by atoms with E-state index in [1.54, 1.807) is 28.4 Å². The zero-order valence-electron chi connectivity index (χ0n) is 10.3. The Bertz CT molecular complexity index is 772. The van der Waals surface area contributed by atoms with Crippen LogP contribution in [0.1, 0.15) is 0 Å². The van der Waals surface area contributed by atoms with Crippen LogP contribution >= 0.6 is 45.2 Å². The van der Waals surface area contributed by atoms with Crippen molar-refractivity contribution in [3.8, 4) is 0 Å². The first-order chi connectivity index (χ1) is 9.71. The van der Waals surface area contributed by atoms with Crippen LogP contribution in [0.25, 0.3) is 0 Å². The molecule has 0 unspecified atom stereocenters. The lowest BCUT2D eigenvalue weighted by Crippen LogP contribution is -2.30. The van der Waals surface area contributed by atoms with Gasteiger partial charge in [-0.05, 0) is 93.7 Å². The van der Waals surface area contributed by atoms with Gasteiger partial charge in [0.1, 0.15) is 0 Å². The average molecular weight is 549 g/mol. The summed E-state index contributed by atoms with van der Waals surface area (Å²) in [5, 5.41) is 0. The normalized spacial score (nSPS) is 12.3. The Hall–Kier alpha value is -0.240. The highest BCUT2D eigenvalue weighted by atomic mass is 127. The Morgan fingerprint density at radius 1 is 0.619 bits per heavy atom. The molecule has 2 rings (SSSR count). The summed E-state index contributed by atoms with van der Waals surface area (Å²) in [6, 6.07) is 11.8. The Kier molecular flexibility index (Phi) is 5.28. The lowest BCUT2D eigenvalue weighted by molar-refractivity contribution is 0.577. The molecule has 0 saturated carbocycles. The summed E-state index contributed by atoms with van der Waals surface area (Å²) in [5.41, 5.74) is 0. The smallest absolute Gasteiger partial charge is 0.206 e. The summed E-state index contributed by atoms with van der Waals surface area (Å²) in [7, 11) is -8.27. The molecule has 0 amide bonds. The zero-order valence-corrected chi connectivity index (χ0v) is 16.3. The van der Waals surface area contributed by atoms with Crippen molar-refractivity contribution in [3.63, 3.8) is 0 Å². The molecule has 2 aromatic rings. The van der Waals surface area contributed by atoms with Crippen LogP contribution in [0.5, 0.6) is 0 Å². The zero-order chi connectivity index (χ0) is 15.7. The van der Waals surface area contributed by atoms with Gasteiger partial charge in [-0.3, -0.25) is 0 Å². The van der Waals surface area contributed by atoms with Crippen molar-refractivity contribution >= 4 is 65.2 Å². The molecule has 21 heavy (non-hydrogen) atoms. The van der Waals surface area contributed by atoms with E-state index in [1.807, 2.05) is 45.2 Å². The van der Waals surface area contributed by atoms with Crippen molar-refractivity contribution in [2.24, 2.45) is 0 Å². The number of hydrogen-bond donors (Lipinski definition) is 1. The van der Waals surface area contributed by atoms with E-state index in [4.69, 9.17) is 0 Å². The third-order valence-electron chi connectivity index (χ3n) is 2.47. The SMILES string of the molecule is O=S(=O)(NS(=O)(=O)c1ccc(I)cc1)c1ccc(I)cc1. The molecular weight excluding hydrogens is 540 g/mol. The molecule has 0 aromatic heterocycles. The molecule has 0 radical (unpaired) electrons. The average Bonchev–Trinajstić information content (AvgIpc) is 2.38. The van der Waals surface area contributed by atoms with Crippen LogP contribution in [-0.2, 0) is 20.0 Å². The maximum atomic E-state index is 12.1. The van der Waals surface area contributed by atoms with Crippen LogP contribution in [0.4, 0.5) is 0 Å². The van der Waals surface area contributed by atoms with Crippen LogP contribution in [0.3, 0.4) is 0 Å². The van der Waals surface area contributed by atoms with Gasteiger partial charge in [0, 0.05) is 7.14 Å². The van der Waals surface area contributed by atoms with Gasteiger partial charge in [-0.25, -0.2) is 16.8 Å². The van der Waals surface area contributed by atoms with Crippen molar-refractivity contribution in [1.29, 1.82) is 0 Å². The van der Waals surface area contributed by atoms with Crippen molar-refractivity contribution in [2.75, 3.05) is 0 Å². The predicted octanol–water partition coefficient (Wildman–Crippen LogP) is 2.56. The molecule has 0 heterocycles. The monoisotopic (exact) mass is 549 g/mol. The standard InChI is InChI=1S/C12H9I2NO4S2/c13-9-1-5-11(6-2-9)20(16,17)15-21(18,19)12-7-3-10(14)4-8-12/h1-8,15H. The second kappa shape index (κ2) is 6.48. The fourth-order valence-electron chi connectivity index (χ4n) is 1.47. The quantitative estimate of drug-likeness (QED) is 0.596. The van der Waals surface area contributed by atoms with E-state index in [0.29, 0.717) is 0 Å². The molecular formula is C12H9I2NO4S2. The summed E-state index contributed by atoms with van der Waals surface area (Å²) in [6.45, 7) is 0. The molecule has 0 bridgehead atoms. The second-order valence-corrected chi connectivity index (χ2v) is 10.1. The first-order valence-electron chi connectivity index (χ1n) is 5.50. The minimum atomic E-state index is -4.14. The van der Waals surface area contributed by atoms with Crippen molar-refractivity contribution < 1.29 is 16.8 Å². The molecule has 5 nitrogen and oxygen atoms in total. The van der Waals surface area contributed by atoms with Gasteiger partial charge in [0.15, 0.2) is 0 Å². The Balaban J connectivity index is 2.35. The molecule has 0 aliphatic carbocycles. The van der Waals surface area contributed by atoms with Gasteiger partial charge in [-0.2, -0.15) is 0 Å². The van der Waals surface area contributed by atoms with E-state index in [-0.39, 0.29) is 9.79 Å². The fourth-order valence-corrected chi connectivity index (χ4v) is 5.10. The minimum absolute atomic E-state index is 0.1000. The third-order valence-corrected chi connectivity index (χ3v) is 7.45. The van der Waals surface area contributed by atoms with E-state index in [1.165, 1.54) is 24.3 Å². The summed E-state index contributed by atoms with van der Waals surface area (Å²) in [4.78, 5) is -0.200. The van der Waals surface area contributed by atoms with Gasteiger partial charge in [0.2, 0.25) is 0 Å². The largest absolute Gasteiger partial charge is 0.253 e. The van der Waals surface area contributed by atoms with E-state index >= 15 is 0 Å². The minimum Gasteiger partial charge on any atom is -0.206 e. The number of hydrogen-bond acceptors (Lipinski definition) is 4. The lowest BCUT2D eigenvalue weighted by atomic mass is 10.4. The van der Waals surface area contributed by atoms with Gasteiger partial charge in [-0.15, -0.1) is 4.13 Å². The lowest BCUT2D eigenvalue weighted by Gasteiger charge is -2.08. The molecule has 0 aliphatic rings. The summed E-state index contributed by atoms with van der Waals surface area (Å²) < 4.78 is 51.9. The molecule has 0 aliphatic heterocycles. The van der Waals surface area contributed by atoms with E-state index < -0.39 is 20.0 Å². The predicted molar refractivity (Wildman–Crippen MR) is 95.8 cm³/mol.